The summed E-state index contributed by atoms with van der Waals surface area (Å²) in [5.41, 5.74) is 0.986. The number of carbonyl (C=O) groups is 3. The van der Waals surface area contributed by atoms with E-state index in [1.807, 2.05) is 20.8 Å². The monoisotopic (exact) mass is 468 g/mol. The largest absolute Gasteiger partial charge is 0.496 e. The van der Waals surface area contributed by atoms with Gasteiger partial charge in [0, 0.05) is 48.0 Å². The van der Waals surface area contributed by atoms with Crippen LogP contribution in [0.2, 0.25) is 0 Å². The van der Waals surface area contributed by atoms with Crippen molar-refractivity contribution in [3.63, 3.8) is 0 Å². The van der Waals surface area contributed by atoms with Gasteiger partial charge in [-0.1, -0.05) is 0 Å². The van der Waals surface area contributed by atoms with Crippen LogP contribution in [-0.4, -0.2) is 58.2 Å². The number of aryl methyl sites for hydroxylation is 1. The van der Waals surface area contributed by atoms with Crippen molar-refractivity contribution in [2.24, 2.45) is 5.41 Å². The molecule has 2 heterocycles. The number of hydrogen-bond acceptors (Lipinski definition) is 6. The van der Waals surface area contributed by atoms with Gasteiger partial charge in [-0.2, -0.15) is 0 Å². The summed E-state index contributed by atoms with van der Waals surface area (Å²) in [4.78, 5) is 48.6. The zero-order valence-electron chi connectivity index (χ0n) is 20.1. The van der Waals surface area contributed by atoms with Crippen molar-refractivity contribution < 1.29 is 23.5 Å². The number of ether oxygens (including phenoxy) is 1. The Labute approximate surface area is 197 Å². The molecule has 0 radical (unpaired) electrons. The summed E-state index contributed by atoms with van der Waals surface area (Å²) in [7, 11) is 1.48. The molecule has 1 saturated heterocycles. The second-order valence-electron chi connectivity index (χ2n) is 10.4. The number of carbonyl (C=O) groups excluding carboxylic acids is 3. The van der Waals surface area contributed by atoms with E-state index in [0.717, 1.165) is 12.4 Å². The van der Waals surface area contributed by atoms with Crippen molar-refractivity contribution in [1.82, 2.24) is 20.2 Å². The predicted octanol–water partition coefficient (Wildman–Crippen LogP) is 3.43. The van der Waals surface area contributed by atoms with E-state index in [9.17, 15) is 18.8 Å². The number of nitrogens with one attached hydrogen (secondary N) is 1. The summed E-state index contributed by atoms with van der Waals surface area (Å²) in [6.45, 7) is 8.29. The molecule has 9 heteroatoms. The van der Waals surface area contributed by atoms with E-state index in [-0.39, 0.29) is 36.0 Å². The Morgan fingerprint density at radius 3 is 2.26 bits per heavy atom. The second kappa shape index (κ2) is 8.45. The molecule has 1 N–H and O–H groups in total. The van der Waals surface area contributed by atoms with Crippen LogP contribution in [0.15, 0.2) is 24.5 Å². The molecule has 2 aromatic rings. The lowest BCUT2D eigenvalue weighted by Crippen LogP contribution is -2.65. The van der Waals surface area contributed by atoms with E-state index in [0.29, 0.717) is 41.4 Å². The van der Waals surface area contributed by atoms with Crippen molar-refractivity contribution in [2.75, 3.05) is 20.2 Å². The smallest absolute Gasteiger partial charge is 0.317 e. The molecule has 180 valence electrons. The van der Waals surface area contributed by atoms with Crippen LogP contribution in [0.4, 0.5) is 9.18 Å². The first-order valence-electron chi connectivity index (χ1n) is 11.2. The molecule has 0 unspecified atom stereocenters. The maximum absolute atomic E-state index is 13.3. The van der Waals surface area contributed by atoms with Crippen LogP contribution in [0.25, 0.3) is 11.4 Å². The minimum absolute atomic E-state index is 0.167. The number of hydrogen-bond donors (Lipinski definition) is 1. The van der Waals surface area contributed by atoms with Crippen LogP contribution in [0.3, 0.4) is 0 Å². The maximum Gasteiger partial charge on any atom is 0.317 e. The van der Waals surface area contributed by atoms with Gasteiger partial charge in [-0.05, 0) is 45.4 Å². The number of likely N-dealkylation sites (tertiary alicyclic amines) is 1. The van der Waals surface area contributed by atoms with Crippen LogP contribution in [0.1, 0.15) is 50.7 Å². The molecule has 0 atom stereocenters. The van der Waals surface area contributed by atoms with Gasteiger partial charge in [-0.3, -0.25) is 9.59 Å². The third-order valence-electron chi connectivity index (χ3n) is 6.30. The number of rotatable bonds is 3. The minimum atomic E-state index is -0.916. The third-order valence-corrected chi connectivity index (χ3v) is 6.30. The summed E-state index contributed by atoms with van der Waals surface area (Å²) >= 11 is 0. The molecule has 1 aromatic carbocycles. The number of urea groups is 1. The quantitative estimate of drug-likeness (QED) is 0.693. The maximum atomic E-state index is 13.3. The molecule has 1 aliphatic heterocycles. The topological polar surface area (TPSA) is 101 Å². The fourth-order valence-electron chi connectivity index (χ4n) is 4.93. The van der Waals surface area contributed by atoms with Crippen LogP contribution in [0.5, 0.6) is 5.75 Å². The predicted molar refractivity (Wildman–Crippen MR) is 123 cm³/mol. The number of ketones is 2. The molecule has 1 spiro atoms. The lowest BCUT2D eigenvalue weighted by atomic mass is 9.63. The fourth-order valence-corrected chi connectivity index (χ4v) is 4.93. The lowest BCUT2D eigenvalue weighted by molar-refractivity contribution is -0.141. The Hall–Kier alpha value is -3.36. The number of Topliss-reactive ketones (excluding diaryl/α,β-unsaturated/α-hetero) is 2. The Bertz CT molecular complexity index is 1130. The van der Waals surface area contributed by atoms with Crippen LogP contribution < -0.4 is 10.1 Å². The lowest BCUT2D eigenvalue weighted by Gasteiger charge is -2.52. The highest BCUT2D eigenvalue weighted by Gasteiger charge is 2.54. The van der Waals surface area contributed by atoms with Crippen molar-refractivity contribution in [1.29, 1.82) is 0 Å². The third kappa shape index (κ3) is 4.51. The van der Waals surface area contributed by atoms with Crippen molar-refractivity contribution in [3.05, 3.63) is 41.5 Å². The molecule has 34 heavy (non-hydrogen) atoms. The average Bonchev–Trinajstić information content (AvgIpc) is 2.71. The van der Waals surface area contributed by atoms with E-state index >= 15 is 0 Å². The summed E-state index contributed by atoms with van der Waals surface area (Å²) in [5, 5.41) is 2.91. The highest BCUT2D eigenvalue weighted by Crippen LogP contribution is 2.47. The zero-order valence-corrected chi connectivity index (χ0v) is 20.1. The molecule has 2 fully saturated rings. The van der Waals surface area contributed by atoms with E-state index < -0.39 is 17.2 Å². The molecule has 1 aliphatic carbocycles. The first-order chi connectivity index (χ1) is 15.9. The summed E-state index contributed by atoms with van der Waals surface area (Å²) < 4.78 is 18.8. The molecule has 1 saturated carbocycles. The van der Waals surface area contributed by atoms with Crippen molar-refractivity contribution in [3.8, 4) is 17.1 Å². The summed E-state index contributed by atoms with van der Waals surface area (Å²) in [6.07, 6.45) is 2.62. The molecule has 2 aliphatic rings. The second-order valence-corrected chi connectivity index (χ2v) is 10.4. The first-order valence-corrected chi connectivity index (χ1v) is 11.2. The van der Waals surface area contributed by atoms with Crippen LogP contribution in [0, 0.1) is 18.2 Å². The number of benzene rings is 1. The van der Waals surface area contributed by atoms with Gasteiger partial charge in [0.2, 0.25) is 0 Å². The van der Waals surface area contributed by atoms with Gasteiger partial charge in [0.1, 0.15) is 23.2 Å². The van der Waals surface area contributed by atoms with Gasteiger partial charge >= 0.3 is 6.03 Å². The Morgan fingerprint density at radius 2 is 1.74 bits per heavy atom. The Balaban J connectivity index is 1.55. The Kier molecular flexibility index (Phi) is 5.91. The number of aromatic nitrogens is 2. The van der Waals surface area contributed by atoms with Gasteiger partial charge in [-0.15, -0.1) is 0 Å². The number of amides is 2. The molecule has 1 aromatic heterocycles. The highest BCUT2D eigenvalue weighted by atomic mass is 19.1. The van der Waals surface area contributed by atoms with Gasteiger partial charge in [-0.25, -0.2) is 19.2 Å². The number of nitrogens with zero attached hydrogens (tertiary/aromatic N) is 3. The van der Waals surface area contributed by atoms with Crippen molar-refractivity contribution in [2.45, 2.75) is 52.0 Å². The minimum Gasteiger partial charge on any atom is -0.496 e. The molecule has 2 amide bonds. The summed E-state index contributed by atoms with van der Waals surface area (Å²) in [5.74, 6) is -1.08. The molecular formula is C25H29FN4O4. The average molecular weight is 469 g/mol. The zero-order chi connectivity index (χ0) is 24.8. The molecule has 4 rings (SSSR count). The Morgan fingerprint density at radius 1 is 1.15 bits per heavy atom. The normalized spacial score (nSPS) is 18.1. The standard InChI is InChI=1S/C25H29FN4O4/c1-14-6-15(22-27-10-16(26)11-28-22)7-19(34-5)20(14)21-17(31)8-25(9-18(21)32)12-30(13-25)23(33)29-24(2,3)4/h6-7,10-11,21H,8-9,12-13H2,1-5H3,(H,29,33). The van der Waals surface area contributed by atoms with E-state index in [4.69, 9.17) is 4.74 Å². The fraction of sp³-hybridized carbons (Fsp3) is 0.480. The number of methoxy groups -OCH3 is 1. The van der Waals surface area contributed by atoms with Gasteiger partial charge < -0.3 is 15.0 Å². The molecule has 0 bridgehead atoms. The van der Waals surface area contributed by atoms with E-state index in [1.165, 1.54) is 7.11 Å². The highest BCUT2D eigenvalue weighted by molar-refractivity contribution is 6.11. The SMILES string of the molecule is COc1cc(-c2ncc(F)cn2)cc(C)c1C1C(=O)CC2(CC1=O)CN(C(=O)NC(C)(C)C)C2. The number of halogens is 1. The van der Waals surface area contributed by atoms with Gasteiger partial charge in [0.15, 0.2) is 11.6 Å². The molecular weight excluding hydrogens is 439 g/mol. The van der Waals surface area contributed by atoms with E-state index in [1.54, 1.807) is 24.0 Å². The van der Waals surface area contributed by atoms with Crippen LogP contribution >= 0.6 is 0 Å². The molecule has 8 nitrogen and oxygen atoms in total. The van der Waals surface area contributed by atoms with Gasteiger partial charge in [0.25, 0.3) is 0 Å². The van der Waals surface area contributed by atoms with Crippen molar-refractivity contribution >= 4 is 17.6 Å². The van der Waals surface area contributed by atoms with Crippen LogP contribution in [-0.2, 0) is 9.59 Å². The van der Waals surface area contributed by atoms with Gasteiger partial charge in [0.05, 0.1) is 19.5 Å². The van der Waals surface area contributed by atoms with E-state index in [2.05, 4.69) is 15.3 Å². The first kappa shape index (κ1) is 23.8. The summed E-state index contributed by atoms with van der Waals surface area (Å²) in [6, 6.07) is 3.26.